The average molecular weight is 328 g/mol. The number of amides is 1. The molecule has 2 aromatic heterocycles. The monoisotopic (exact) mass is 328 g/mol. The molecule has 0 unspecified atom stereocenters. The lowest BCUT2D eigenvalue weighted by Gasteiger charge is -2.34. The lowest BCUT2D eigenvalue weighted by molar-refractivity contribution is -0.124. The van der Waals surface area contributed by atoms with Gasteiger partial charge in [0.25, 0.3) is 0 Å². The fourth-order valence-corrected chi connectivity index (χ4v) is 2.82. The van der Waals surface area contributed by atoms with Gasteiger partial charge in [0.15, 0.2) is 11.6 Å². The molecule has 128 valence electrons. The van der Waals surface area contributed by atoms with Crippen LogP contribution < -0.4 is 10.2 Å². The first kappa shape index (κ1) is 16.4. The number of carbonyl (C=O) groups is 1. The maximum absolute atomic E-state index is 11.9. The molecule has 1 fully saturated rings. The zero-order valence-corrected chi connectivity index (χ0v) is 14.4. The fourth-order valence-electron chi connectivity index (χ4n) is 2.82. The number of anilines is 1. The topological polar surface area (TPSA) is 75.9 Å². The minimum atomic E-state index is 0.0111. The zero-order valence-electron chi connectivity index (χ0n) is 14.4. The van der Waals surface area contributed by atoms with Crippen LogP contribution in [0, 0.1) is 12.8 Å². The van der Waals surface area contributed by atoms with Crippen LogP contribution in [0.5, 0.6) is 0 Å². The van der Waals surface area contributed by atoms with E-state index in [0.717, 1.165) is 37.4 Å². The standard InChI is InChI=1S/C17H24N6O/c1-12(2)17(24)18-14-5-4-9-22(11-14)15-6-7-16(20-19-15)23-10-8-13(3)21-23/h6-8,10,12,14H,4-5,9,11H2,1-3H3,(H,18,24)/t14-/m1/s1. The van der Waals surface area contributed by atoms with Gasteiger partial charge in [-0.3, -0.25) is 4.79 Å². The maximum Gasteiger partial charge on any atom is 0.222 e. The van der Waals surface area contributed by atoms with Crippen molar-refractivity contribution in [1.29, 1.82) is 0 Å². The highest BCUT2D eigenvalue weighted by Crippen LogP contribution is 2.18. The number of aryl methyl sites for hydroxylation is 1. The SMILES string of the molecule is Cc1ccn(-c2ccc(N3CCC[C@@H](NC(=O)C(C)C)C3)nn2)n1. The van der Waals surface area contributed by atoms with E-state index in [1.807, 2.05) is 45.2 Å². The minimum Gasteiger partial charge on any atom is -0.353 e. The molecule has 7 nitrogen and oxygen atoms in total. The van der Waals surface area contributed by atoms with E-state index in [4.69, 9.17) is 0 Å². The maximum atomic E-state index is 11.9. The predicted octanol–water partition coefficient (Wildman–Crippen LogP) is 1.71. The first-order valence-corrected chi connectivity index (χ1v) is 8.44. The minimum absolute atomic E-state index is 0.0111. The number of rotatable bonds is 4. The van der Waals surface area contributed by atoms with Crippen LogP contribution in [0.1, 0.15) is 32.4 Å². The third-order valence-corrected chi connectivity index (χ3v) is 4.21. The highest BCUT2D eigenvalue weighted by molar-refractivity contribution is 5.78. The number of hydrogen-bond acceptors (Lipinski definition) is 5. The molecule has 1 N–H and O–H groups in total. The molecule has 0 spiro atoms. The van der Waals surface area contributed by atoms with Gasteiger partial charge >= 0.3 is 0 Å². The first-order chi connectivity index (χ1) is 11.5. The van der Waals surface area contributed by atoms with Crippen LogP contribution in [-0.2, 0) is 4.79 Å². The van der Waals surface area contributed by atoms with E-state index in [-0.39, 0.29) is 17.9 Å². The van der Waals surface area contributed by atoms with Gasteiger partial charge in [0, 0.05) is 31.2 Å². The van der Waals surface area contributed by atoms with Gasteiger partial charge in [-0.15, -0.1) is 10.2 Å². The summed E-state index contributed by atoms with van der Waals surface area (Å²) < 4.78 is 1.72. The van der Waals surface area contributed by atoms with Crippen molar-refractivity contribution in [3.8, 4) is 5.82 Å². The van der Waals surface area contributed by atoms with Crippen LogP contribution in [-0.4, -0.2) is 45.0 Å². The second kappa shape index (κ2) is 6.98. The van der Waals surface area contributed by atoms with E-state index in [2.05, 4.69) is 25.5 Å². The quantitative estimate of drug-likeness (QED) is 0.925. The molecule has 0 aliphatic carbocycles. The van der Waals surface area contributed by atoms with E-state index in [1.165, 1.54) is 0 Å². The van der Waals surface area contributed by atoms with Crippen LogP contribution in [0.15, 0.2) is 24.4 Å². The molecular weight excluding hydrogens is 304 g/mol. The largest absolute Gasteiger partial charge is 0.353 e. The molecular formula is C17H24N6O. The molecule has 1 saturated heterocycles. The summed E-state index contributed by atoms with van der Waals surface area (Å²) in [4.78, 5) is 14.1. The zero-order chi connectivity index (χ0) is 17.1. The fraction of sp³-hybridized carbons (Fsp3) is 0.529. The predicted molar refractivity (Wildman–Crippen MR) is 92.1 cm³/mol. The van der Waals surface area contributed by atoms with Crippen molar-refractivity contribution in [3.63, 3.8) is 0 Å². The normalized spacial score (nSPS) is 18.0. The Morgan fingerprint density at radius 1 is 1.25 bits per heavy atom. The molecule has 0 bridgehead atoms. The van der Waals surface area contributed by atoms with Crippen molar-refractivity contribution < 1.29 is 4.79 Å². The van der Waals surface area contributed by atoms with Gasteiger partial charge < -0.3 is 10.2 Å². The van der Waals surface area contributed by atoms with E-state index < -0.39 is 0 Å². The van der Waals surface area contributed by atoms with Crippen molar-refractivity contribution in [2.45, 2.75) is 39.7 Å². The molecule has 1 aliphatic heterocycles. The summed E-state index contributed by atoms with van der Waals surface area (Å²) in [6.07, 6.45) is 3.91. The van der Waals surface area contributed by atoms with Gasteiger partial charge in [-0.2, -0.15) is 5.10 Å². The van der Waals surface area contributed by atoms with Gasteiger partial charge in [0.2, 0.25) is 5.91 Å². The van der Waals surface area contributed by atoms with Crippen molar-refractivity contribution >= 4 is 11.7 Å². The molecule has 0 saturated carbocycles. The number of nitrogens with zero attached hydrogens (tertiary/aromatic N) is 5. The molecule has 3 heterocycles. The number of carbonyl (C=O) groups excluding carboxylic acids is 1. The highest BCUT2D eigenvalue weighted by Gasteiger charge is 2.23. The summed E-state index contributed by atoms with van der Waals surface area (Å²) in [5.41, 5.74) is 0.945. The number of nitrogens with one attached hydrogen (secondary N) is 1. The van der Waals surface area contributed by atoms with Crippen LogP contribution in [0.4, 0.5) is 5.82 Å². The Morgan fingerprint density at radius 3 is 2.62 bits per heavy atom. The number of aromatic nitrogens is 4. The highest BCUT2D eigenvalue weighted by atomic mass is 16.1. The Morgan fingerprint density at radius 2 is 2.00 bits per heavy atom. The second-order valence-electron chi connectivity index (χ2n) is 6.60. The van der Waals surface area contributed by atoms with Gasteiger partial charge in [0.1, 0.15) is 0 Å². The third-order valence-electron chi connectivity index (χ3n) is 4.21. The van der Waals surface area contributed by atoms with Crippen molar-refractivity contribution in [3.05, 3.63) is 30.1 Å². The number of piperidine rings is 1. The summed E-state index contributed by atoms with van der Waals surface area (Å²) in [6, 6.07) is 5.99. The summed E-state index contributed by atoms with van der Waals surface area (Å²) in [5.74, 6) is 1.66. The van der Waals surface area contributed by atoms with Gasteiger partial charge in [-0.1, -0.05) is 13.8 Å². The Balaban J connectivity index is 1.66. The Hall–Kier alpha value is -2.44. The number of hydrogen-bond donors (Lipinski definition) is 1. The van der Waals surface area contributed by atoms with E-state index in [9.17, 15) is 4.79 Å². The van der Waals surface area contributed by atoms with Gasteiger partial charge in [0.05, 0.1) is 5.69 Å². The average Bonchev–Trinajstić information content (AvgIpc) is 3.01. The molecule has 1 atom stereocenters. The van der Waals surface area contributed by atoms with Crippen LogP contribution in [0.3, 0.4) is 0 Å². The molecule has 3 rings (SSSR count). The summed E-state index contributed by atoms with van der Waals surface area (Å²) in [5, 5.41) is 16.1. The molecule has 7 heteroatoms. The van der Waals surface area contributed by atoms with Gasteiger partial charge in [-0.05, 0) is 38.0 Å². The Labute approximate surface area is 142 Å². The smallest absolute Gasteiger partial charge is 0.222 e. The van der Waals surface area contributed by atoms with Crippen molar-refractivity contribution in [1.82, 2.24) is 25.3 Å². The lowest BCUT2D eigenvalue weighted by Crippen LogP contribution is -2.49. The van der Waals surface area contributed by atoms with Crippen LogP contribution >= 0.6 is 0 Å². The van der Waals surface area contributed by atoms with Crippen LogP contribution in [0.2, 0.25) is 0 Å². The van der Waals surface area contributed by atoms with Crippen molar-refractivity contribution in [2.75, 3.05) is 18.0 Å². The molecule has 1 amide bonds. The molecule has 0 radical (unpaired) electrons. The van der Waals surface area contributed by atoms with Crippen LogP contribution in [0.25, 0.3) is 5.82 Å². The summed E-state index contributed by atoms with van der Waals surface area (Å²) in [7, 11) is 0. The first-order valence-electron chi connectivity index (χ1n) is 8.44. The molecule has 0 aromatic carbocycles. The summed E-state index contributed by atoms with van der Waals surface area (Å²) in [6.45, 7) is 7.47. The summed E-state index contributed by atoms with van der Waals surface area (Å²) >= 11 is 0. The van der Waals surface area contributed by atoms with Gasteiger partial charge in [-0.25, -0.2) is 4.68 Å². The van der Waals surface area contributed by atoms with E-state index in [1.54, 1.807) is 4.68 Å². The molecule has 2 aromatic rings. The molecule has 1 aliphatic rings. The van der Waals surface area contributed by atoms with Crippen molar-refractivity contribution in [2.24, 2.45) is 5.92 Å². The van der Waals surface area contributed by atoms with E-state index >= 15 is 0 Å². The van der Waals surface area contributed by atoms with E-state index in [0.29, 0.717) is 5.82 Å². The third kappa shape index (κ3) is 3.72. The second-order valence-corrected chi connectivity index (χ2v) is 6.60. The Bertz CT molecular complexity index is 693. The lowest BCUT2D eigenvalue weighted by atomic mass is 10.0. The Kier molecular flexibility index (Phi) is 4.78. The molecule has 24 heavy (non-hydrogen) atoms.